The van der Waals surface area contributed by atoms with E-state index in [9.17, 15) is 8.78 Å². The van der Waals surface area contributed by atoms with Gasteiger partial charge in [0.05, 0.1) is 5.56 Å². The molecule has 3 heteroatoms. The van der Waals surface area contributed by atoms with Gasteiger partial charge in [0.1, 0.15) is 11.6 Å². The Bertz CT molecular complexity index is 937. The molecule has 2 aromatic rings. The third-order valence-electron chi connectivity index (χ3n) is 2.79. The second kappa shape index (κ2) is 7.47. The monoisotopic (exact) mass is 301 g/mol. The summed E-state index contributed by atoms with van der Waals surface area (Å²) >= 11 is 0. The van der Waals surface area contributed by atoms with Crippen LogP contribution in [0, 0.1) is 58.5 Å². The maximum Gasteiger partial charge on any atom is 0.152 e. The minimum atomic E-state index is -0.812. The molecule has 0 atom stereocenters. The fourth-order valence-corrected chi connectivity index (χ4v) is 1.78. The Morgan fingerprint density at radius 2 is 1.35 bits per heavy atom. The van der Waals surface area contributed by atoms with Gasteiger partial charge in [0.15, 0.2) is 6.07 Å². The third kappa shape index (κ3) is 4.22. The topological polar surface area (TPSA) is 23.8 Å². The van der Waals surface area contributed by atoms with Gasteiger partial charge >= 0.3 is 0 Å². The van der Waals surface area contributed by atoms with E-state index in [1.165, 1.54) is 0 Å². The number of benzene rings is 2. The van der Waals surface area contributed by atoms with Gasteiger partial charge in [0, 0.05) is 22.6 Å². The van der Waals surface area contributed by atoms with Crippen LogP contribution in [0.1, 0.15) is 29.2 Å². The minimum absolute atomic E-state index is 0.0922. The summed E-state index contributed by atoms with van der Waals surface area (Å²) in [4.78, 5) is 0. The normalized spacial score (nSPS) is 8.43. The highest BCUT2D eigenvalue weighted by molar-refractivity contribution is 5.49. The van der Waals surface area contributed by atoms with E-state index in [4.69, 9.17) is 5.26 Å². The van der Waals surface area contributed by atoms with Crippen LogP contribution in [0.5, 0.6) is 0 Å². The first-order chi connectivity index (χ1) is 11.1. The first kappa shape index (κ1) is 15.9. The van der Waals surface area contributed by atoms with Crippen LogP contribution in [0.4, 0.5) is 8.78 Å². The summed E-state index contributed by atoms with van der Waals surface area (Å²) in [6.07, 6.45) is 0. The standard InChI is InChI=1S/C20H9F2N/c1-2-4-15-6-8-16(9-7-15)10-11-18-19(21)13-17(5-3-12-23)14-20(18)22/h6-9,13-14H,1H3. The van der Waals surface area contributed by atoms with Crippen molar-refractivity contribution >= 4 is 0 Å². The first-order valence-electron chi connectivity index (χ1n) is 6.58. The number of hydrogen-bond acceptors (Lipinski definition) is 1. The summed E-state index contributed by atoms with van der Waals surface area (Å²) in [5, 5.41) is 8.34. The van der Waals surface area contributed by atoms with E-state index >= 15 is 0 Å². The molecule has 2 rings (SSSR count). The molecule has 0 aromatic heterocycles. The van der Waals surface area contributed by atoms with Crippen molar-refractivity contribution in [1.29, 1.82) is 5.26 Å². The Morgan fingerprint density at radius 3 is 1.87 bits per heavy atom. The molecule has 0 spiro atoms. The summed E-state index contributed by atoms with van der Waals surface area (Å²) in [6.45, 7) is 1.74. The van der Waals surface area contributed by atoms with Crippen molar-refractivity contribution in [3.63, 3.8) is 0 Å². The molecule has 0 amide bonds. The van der Waals surface area contributed by atoms with Crippen LogP contribution in [-0.4, -0.2) is 0 Å². The Balaban J connectivity index is 2.34. The Morgan fingerprint density at radius 1 is 0.783 bits per heavy atom. The number of nitrogens with zero attached hydrogens (tertiary/aromatic N) is 1. The second-order valence-corrected chi connectivity index (χ2v) is 4.38. The smallest absolute Gasteiger partial charge is 0.152 e. The van der Waals surface area contributed by atoms with Crippen molar-refractivity contribution in [2.75, 3.05) is 0 Å². The van der Waals surface area contributed by atoms with Crippen molar-refractivity contribution in [2.45, 2.75) is 6.92 Å². The molecule has 0 saturated heterocycles. The SMILES string of the molecule is CC#Cc1ccc(C#Cc2c(F)cc(C#CC#N)cc2F)cc1. The van der Waals surface area contributed by atoms with E-state index in [1.807, 2.05) is 0 Å². The van der Waals surface area contributed by atoms with Crippen LogP contribution in [0.25, 0.3) is 0 Å². The zero-order valence-electron chi connectivity index (χ0n) is 12.2. The molecule has 0 unspecified atom stereocenters. The van der Waals surface area contributed by atoms with E-state index < -0.39 is 11.6 Å². The molecule has 0 radical (unpaired) electrons. The van der Waals surface area contributed by atoms with Crippen molar-refractivity contribution in [1.82, 2.24) is 0 Å². The van der Waals surface area contributed by atoms with E-state index in [0.29, 0.717) is 5.56 Å². The van der Waals surface area contributed by atoms with Crippen LogP contribution in [0.15, 0.2) is 36.4 Å². The molecule has 0 bridgehead atoms. The van der Waals surface area contributed by atoms with Gasteiger partial charge in [-0.3, -0.25) is 0 Å². The van der Waals surface area contributed by atoms with Gasteiger partial charge in [0.2, 0.25) is 0 Å². The van der Waals surface area contributed by atoms with Crippen LogP contribution in [0.3, 0.4) is 0 Å². The van der Waals surface area contributed by atoms with E-state index in [1.54, 1.807) is 37.3 Å². The molecule has 2 aromatic carbocycles. The first-order valence-corrected chi connectivity index (χ1v) is 6.58. The number of hydrogen-bond donors (Lipinski definition) is 0. The van der Waals surface area contributed by atoms with Crippen molar-refractivity contribution in [2.24, 2.45) is 0 Å². The molecule has 108 valence electrons. The molecule has 0 fully saturated rings. The predicted octanol–water partition coefficient (Wildman–Crippen LogP) is 3.61. The Hall–Kier alpha value is -3.53. The van der Waals surface area contributed by atoms with E-state index in [2.05, 4.69) is 35.5 Å². The lowest BCUT2D eigenvalue weighted by Gasteiger charge is -1.98. The zero-order chi connectivity index (χ0) is 16.7. The molecular formula is C20H9F2N. The molecule has 0 heterocycles. The maximum atomic E-state index is 13.9. The highest BCUT2D eigenvalue weighted by atomic mass is 19.1. The highest BCUT2D eigenvalue weighted by Crippen LogP contribution is 2.14. The minimum Gasteiger partial charge on any atom is -0.205 e. The van der Waals surface area contributed by atoms with Gasteiger partial charge in [-0.05, 0) is 43.3 Å². The molecular weight excluding hydrogens is 292 g/mol. The molecule has 0 saturated carbocycles. The van der Waals surface area contributed by atoms with Gasteiger partial charge < -0.3 is 0 Å². The number of halogens is 2. The summed E-state index contributed by atoms with van der Waals surface area (Å²) < 4.78 is 27.8. The predicted molar refractivity (Wildman–Crippen MR) is 83.8 cm³/mol. The number of rotatable bonds is 0. The summed E-state index contributed by atoms with van der Waals surface area (Å²) in [6, 6.07) is 10.7. The number of nitriles is 1. The van der Waals surface area contributed by atoms with Crippen molar-refractivity contribution in [3.05, 3.63) is 70.3 Å². The van der Waals surface area contributed by atoms with E-state index in [0.717, 1.165) is 17.7 Å². The quantitative estimate of drug-likeness (QED) is 0.682. The lowest BCUT2D eigenvalue weighted by Crippen LogP contribution is -1.92. The van der Waals surface area contributed by atoms with Crippen LogP contribution >= 0.6 is 0 Å². The van der Waals surface area contributed by atoms with E-state index in [-0.39, 0.29) is 11.1 Å². The lowest BCUT2D eigenvalue weighted by molar-refractivity contribution is 0.577. The Labute approximate surface area is 133 Å². The lowest BCUT2D eigenvalue weighted by atomic mass is 10.1. The Kier molecular flexibility index (Phi) is 5.15. The van der Waals surface area contributed by atoms with Crippen LogP contribution in [-0.2, 0) is 0 Å². The second-order valence-electron chi connectivity index (χ2n) is 4.38. The van der Waals surface area contributed by atoms with Gasteiger partial charge in [-0.2, -0.15) is 5.26 Å². The molecule has 0 aliphatic heterocycles. The largest absolute Gasteiger partial charge is 0.205 e. The van der Waals surface area contributed by atoms with Crippen molar-refractivity contribution < 1.29 is 8.78 Å². The third-order valence-corrected chi connectivity index (χ3v) is 2.79. The molecule has 23 heavy (non-hydrogen) atoms. The van der Waals surface area contributed by atoms with Gasteiger partial charge in [-0.1, -0.05) is 23.7 Å². The van der Waals surface area contributed by atoms with Gasteiger partial charge in [0.25, 0.3) is 0 Å². The van der Waals surface area contributed by atoms with Gasteiger partial charge in [-0.25, -0.2) is 8.78 Å². The average molecular weight is 301 g/mol. The summed E-state index contributed by atoms with van der Waals surface area (Å²) in [7, 11) is 0. The van der Waals surface area contributed by atoms with Crippen LogP contribution < -0.4 is 0 Å². The maximum absolute atomic E-state index is 13.9. The highest BCUT2D eigenvalue weighted by Gasteiger charge is 2.08. The fraction of sp³-hybridized carbons (Fsp3) is 0.0500. The molecule has 0 aliphatic carbocycles. The van der Waals surface area contributed by atoms with Crippen LogP contribution in [0.2, 0.25) is 0 Å². The van der Waals surface area contributed by atoms with Gasteiger partial charge in [-0.15, -0.1) is 5.92 Å². The fourth-order valence-electron chi connectivity index (χ4n) is 1.78. The summed E-state index contributed by atoms with van der Waals surface area (Å²) in [5.41, 5.74) is 1.23. The molecule has 1 nitrogen and oxygen atoms in total. The average Bonchev–Trinajstić information content (AvgIpc) is 2.54. The summed E-state index contributed by atoms with van der Waals surface area (Å²) in [5.74, 6) is 13.7. The van der Waals surface area contributed by atoms with Crippen molar-refractivity contribution in [3.8, 4) is 41.6 Å². The zero-order valence-corrected chi connectivity index (χ0v) is 12.2. The molecule has 0 aliphatic rings. The molecule has 0 N–H and O–H groups in total.